The SMILES string of the molecule is CCCOc1c(Cl)cc(/C=C/C(=O)Nc2cccc(S(=O)(=O)NC3=NCCC3)c2)cc1OC. The van der Waals surface area contributed by atoms with Crippen molar-refractivity contribution in [1.29, 1.82) is 0 Å². The summed E-state index contributed by atoms with van der Waals surface area (Å²) in [5.41, 5.74) is 0.994. The van der Waals surface area contributed by atoms with Crippen LogP contribution >= 0.6 is 11.6 Å². The normalized spacial score (nSPS) is 13.6. The first-order valence-electron chi connectivity index (χ1n) is 10.5. The van der Waals surface area contributed by atoms with Gasteiger partial charge in [-0.3, -0.25) is 14.5 Å². The van der Waals surface area contributed by atoms with Crippen molar-refractivity contribution in [3.8, 4) is 11.5 Å². The van der Waals surface area contributed by atoms with Crippen LogP contribution < -0.4 is 19.5 Å². The molecule has 176 valence electrons. The molecule has 0 spiro atoms. The van der Waals surface area contributed by atoms with E-state index in [2.05, 4.69) is 15.0 Å². The highest BCUT2D eigenvalue weighted by molar-refractivity contribution is 7.90. The highest BCUT2D eigenvalue weighted by atomic mass is 35.5. The second kappa shape index (κ2) is 11.2. The maximum Gasteiger partial charge on any atom is 0.262 e. The van der Waals surface area contributed by atoms with Gasteiger partial charge in [0.15, 0.2) is 11.5 Å². The number of amidine groups is 1. The number of hydrogen-bond acceptors (Lipinski definition) is 6. The topological polar surface area (TPSA) is 106 Å². The zero-order valence-electron chi connectivity index (χ0n) is 18.4. The Morgan fingerprint density at radius 2 is 2.09 bits per heavy atom. The fourth-order valence-corrected chi connectivity index (χ4v) is 4.52. The fraction of sp³-hybridized carbons (Fsp3) is 0.304. The minimum absolute atomic E-state index is 0.0399. The molecular formula is C23H26ClN3O5S. The van der Waals surface area contributed by atoms with Crippen LogP contribution in [-0.2, 0) is 14.8 Å². The monoisotopic (exact) mass is 491 g/mol. The number of methoxy groups -OCH3 is 1. The molecule has 0 radical (unpaired) electrons. The molecule has 2 aromatic carbocycles. The standard InChI is InChI=1S/C23H26ClN3O5S/c1-3-12-32-23-19(24)13-16(14-20(23)31-2)9-10-22(28)26-17-6-4-7-18(15-17)33(29,30)27-21-8-5-11-25-21/h4,6-7,9-10,13-15H,3,5,8,11-12H2,1-2H3,(H,25,27)(H,26,28)/b10-9+. The van der Waals surface area contributed by atoms with E-state index in [1.54, 1.807) is 30.3 Å². The van der Waals surface area contributed by atoms with E-state index in [-0.39, 0.29) is 4.90 Å². The zero-order chi connectivity index (χ0) is 23.8. The molecule has 1 aliphatic rings. The zero-order valence-corrected chi connectivity index (χ0v) is 20.0. The van der Waals surface area contributed by atoms with Gasteiger partial charge in [-0.1, -0.05) is 24.6 Å². The van der Waals surface area contributed by atoms with Crippen LogP contribution in [0.25, 0.3) is 6.08 Å². The smallest absolute Gasteiger partial charge is 0.262 e. The van der Waals surface area contributed by atoms with Gasteiger partial charge in [0.25, 0.3) is 10.0 Å². The number of ether oxygens (including phenoxy) is 2. The number of nitrogens with zero attached hydrogens (tertiary/aromatic N) is 1. The van der Waals surface area contributed by atoms with Crippen LogP contribution in [0.5, 0.6) is 11.5 Å². The molecule has 0 saturated heterocycles. The molecule has 10 heteroatoms. The van der Waals surface area contributed by atoms with Crippen LogP contribution in [0.15, 0.2) is 52.4 Å². The number of sulfonamides is 1. The Labute approximate surface area is 198 Å². The largest absolute Gasteiger partial charge is 0.493 e. The van der Waals surface area contributed by atoms with Crippen LogP contribution in [-0.4, -0.2) is 40.4 Å². The van der Waals surface area contributed by atoms with E-state index in [1.165, 1.54) is 25.3 Å². The van der Waals surface area contributed by atoms with Crippen molar-refractivity contribution in [2.75, 3.05) is 25.6 Å². The van der Waals surface area contributed by atoms with Gasteiger partial charge in [0, 0.05) is 24.7 Å². The molecule has 0 unspecified atom stereocenters. The van der Waals surface area contributed by atoms with Crippen molar-refractivity contribution in [3.05, 3.63) is 53.1 Å². The number of carbonyl (C=O) groups excluding carboxylic acids is 1. The second-order valence-corrected chi connectivity index (χ2v) is 9.36. The van der Waals surface area contributed by atoms with Gasteiger partial charge in [0.05, 0.1) is 23.6 Å². The predicted octanol–water partition coefficient (Wildman–Crippen LogP) is 4.26. The van der Waals surface area contributed by atoms with Gasteiger partial charge >= 0.3 is 0 Å². The van der Waals surface area contributed by atoms with Crippen molar-refractivity contribution in [3.63, 3.8) is 0 Å². The summed E-state index contributed by atoms with van der Waals surface area (Å²) in [6.07, 6.45) is 5.15. The van der Waals surface area contributed by atoms with Crippen LogP contribution in [0.4, 0.5) is 5.69 Å². The van der Waals surface area contributed by atoms with Crippen molar-refractivity contribution < 1.29 is 22.7 Å². The van der Waals surface area contributed by atoms with Crippen molar-refractivity contribution in [2.45, 2.75) is 31.1 Å². The highest BCUT2D eigenvalue weighted by Gasteiger charge is 2.18. The number of anilines is 1. The van der Waals surface area contributed by atoms with Crippen LogP contribution in [0.2, 0.25) is 5.02 Å². The van der Waals surface area contributed by atoms with Crippen LogP contribution in [0.3, 0.4) is 0 Å². The maximum atomic E-state index is 12.6. The number of nitrogens with one attached hydrogen (secondary N) is 2. The van der Waals surface area contributed by atoms with Gasteiger partial charge < -0.3 is 14.8 Å². The summed E-state index contributed by atoms with van der Waals surface area (Å²) in [5, 5.41) is 3.04. The number of carbonyl (C=O) groups is 1. The van der Waals surface area contributed by atoms with Gasteiger partial charge in [-0.15, -0.1) is 0 Å². The summed E-state index contributed by atoms with van der Waals surface area (Å²) in [5.74, 6) is 0.942. The third kappa shape index (κ3) is 6.72. The Bertz CT molecular complexity index is 1180. The average molecular weight is 492 g/mol. The molecule has 2 N–H and O–H groups in total. The lowest BCUT2D eigenvalue weighted by Gasteiger charge is -2.12. The number of halogens is 1. The van der Waals surface area contributed by atoms with Gasteiger partial charge in [-0.25, -0.2) is 8.42 Å². The Morgan fingerprint density at radius 3 is 2.79 bits per heavy atom. The van der Waals surface area contributed by atoms with Crippen molar-refractivity contribution in [1.82, 2.24) is 4.72 Å². The molecule has 0 aliphatic carbocycles. The Balaban J connectivity index is 1.69. The Kier molecular flexibility index (Phi) is 8.35. The van der Waals surface area contributed by atoms with Gasteiger partial charge in [0.2, 0.25) is 5.91 Å². The van der Waals surface area contributed by atoms with Crippen molar-refractivity contribution in [2.24, 2.45) is 4.99 Å². The number of aliphatic imine (C=N–C) groups is 1. The summed E-state index contributed by atoms with van der Waals surface area (Å²) < 4.78 is 38.6. The van der Waals surface area contributed by atoms with E-state index in [1.807, 2.05) is 6.92 Å². The average Bonchev–Trinajstić information content (AvgIpc) is 3.29. The van der Waals surface area contributed by atoms with E-state index >= 15 is 0 Å². The van der Waals surface area contributed by atoms with E-state index in [4.69, 9.17) is 21.1 Å². The van der Waals surface area contributed by atoms with E-state index in [0.717, 1.165) is 12.8 Å². The Hall–Kier alpha value is -3.04. The molecule has 0 saturated carbocycles. The minimum Gasteiger partial charge on any atom is -0.493 e. The van der Waals surface area contributed by atoms with E-state index in [9.17, 15) is 13.2 Å². The molecule has 1 aliphatic heterocycles. The summed E-state index contributed by atoms with van der Waals surface area (Å²) in [4.78, 5) is 16.6. The summed E-state index contributed by atoms with van der Waals surface area (Å²) in [7, 11) is -2.26. The lowest BCUT2D eigenvalue weighted by molar-refractivity contribution is -0.111. The van der Waals surface area contributed by atoms with Gasteiger partial charge in [0.1, 0.15) is 5.84 Å². The van der Waals surface area contributed by atoms with E-state index in [0.29, 0.717) is 53.2 Å². The summed E-state index contributed by atoms with van der Waals surface area (Å²) in [6.45, 7) is 3.11. The first-order chi connectivity index (χ1) is 15.8. The molecule has 2 aromatic rings. The molecule has 0 aromatic heterocycles. The number of benzene rings is 2. The van der Waals surface area contributed by atoms with Crippen LogP contribution in [0.1, 0.15) is 31.7 Å². The van der Waals surface area contributed by atoms with Crippen LogP contribution in [0, 0.1) is 0 Å². The summed E-state index contributed by atoms with van der Waals surface area (Å²) in [6, 6.07) is 9.40. The molecule has 8 nitrogen and oxygen atoms in total. The first-order valence-corrected chi connectivity index (χ1v) is 12.3. The third-order valence-corrected chi connectivity index (χ3v) is 6.33. The van der Waals surface area contributed by atoms with Gasteiger partial charge in [-0.05, 0) is 54.8 Å². The van der Waals surface area contributed by atoms with Crippen molar-refractivity contribution >= 4 is 45.1 Å². The Morgan fingerprint density at radius 1 is 1.27 bits per heavy atom. The lowest BCUT2D eigenvalue weighted by atomic mass is 10.2. The number of amides is 1. The molecule has 3 rings (SSSR count). The molecular weight excluding hydrogens is 466 g/mol. The molecule has 0 bridgehead atoms. The molecule has 0 atom stereocenters. The first kappa shape index (κ1) is 24.6. The number of rotatable bonds is 9. The second-order valence-electron chi connectivity index (χ2n) is 7.27. The number of hydrogen-bond donors (Lipinski definition) is 2. The van der Waals surface area contributed by atoms with Gasteiger partial charge in [-0.2, -0.15) is 0 Å². The van der Waals surface area contributed by atoms with E-state index < -0.39 is 15.9 Å². The summed E-state index contributed by atoms with van der Waals surface area (Å²) >= 11 is 6.30. The molecule has 1 amide bonds. The minimum atomic E-state index is -3.77. The molecule has 0 fully saturated rings. The highest BCUT2D eigenvalue weighted by Crippen LogP contribution is 2.36. The lowest BCUT2D eigenvalue weighted by Crippen LogP contribution is -2.29. The molecule has 1 heterocycles. The quantitative estimate of drug-likeness (QED) is 0.510. The molecule has 33 heavy (non-hydrogen) atoms. The third-order valence-electron chi connectivity index (χ3n) is 4.67. The maximum absolute atomic E-state index is 12.6. The predicted molar refractivity (Wildman–Crippen MR) is 130 cm³/mol. The fourth-order valence-electron chi connectivity index (χ4n) is 3.11.